The summed E-state index contributed by atoms with van der Waals surface area (Å²) in [4.78, 5) is 16.7. The quantitative estimate of drug-likeness (QED) is 0.731. The smallest absolute Gasteiger partial charge is 0.410 e. The van der Waals surface area contributed by atoms with Crippen LogP contribution < -0.4 is 5.32 Å². The third-order valence-corrected chi connectivity index (χ3v) is 4.66. The molecule has 2 aliphatic rings. The summed E-state index contributed by atoms with van der Waals surface area (Å²) in [6, 6.07) is 1.06. The van der Waals surface area contributed by atoms with Gasteiger partial charge in [-0.3, -0.25) is 0 Å². The van der Waals surface area contributed by atoms with Crippen molar-refractivity contribution in [1.29, 1.82) is 0 Å². The Balaban J connectivity index is 1.64. The van der Waals surface area contributed by atoms with Crippen LogP contribution in [0.1, 0.15) is 59.8 Å². The van der Waals surface area contributed by atoms with Gasteiger partial charge >= 0.3 is 6.09 Å². The maximum absolute atomic E-state index is 12.3. The normalized spacial score (nSPS) is 20.5. The molecule has 1 heterocycles. The number of nitrogens with zero attached hydrogens (tertiary/aromatic N) is 2. The highest BCUT2D eigenvalue weighted by Crippen LogP contribution is 2.28. The standard InChI is InChI=1S/C18H35N3O2/c1-5-20-13-9-15(10-14-20)19-11-6-12-21(16-7-8-16)17(22)23-18(2,3)4/h15-16,19H,5-14H2,1-4H3. The topological polar surface area (TPSA) is 44.8 Å². The first-order valence-corrected chi connectivity index (χ1v) is 9.34. The van der Waals surface area contributed by atoms with Gasteiger partial charge in [0.15, 0.2) is 0 Å². The number of carbonyl (C=O) groups excluding carboxylic acids is 1. The maximum atomic E-state index is 12.3. The van der Waals surface area contributed by atoms with Gasteiger partial charge in [0.2, 0.25) is 0 Å². The van der Waals surface area contributed by atoms with Gasteiger partial charge in [-0.25, -0.2) is 4.79 Å². The van der Waals surface area contributed by atoms with E-state index in [-0.39, 0.29) is 6.09 Å². The van der Waals surface area contributed by atoms with Gasteiger partial charge in [-0.05, 0) is 79.1 Å². The Hall–Kier alpha value is -0.810. The molecular weight excluding hydrogens is 290 g/mol. The second-order valence-electron chi connectivity index (χ2n) is 7.92. The lowest BCUT2D eigenvalue weighted by Crippen LogP contribution is -2.43. The van der Waals surface area contributed by atoms with Crippen molar-refractivity contribution in [1.82, 2.24) is 15.1 Å². The lowest BCUT2D eigenvalue weighted by atomic mass is 10.1. The predicted molar refractivity (Wildman–Crippen MR) is 93.7 cm³/mol. The Labute approximate surface area is 141 Å². The lowest BCUT2D eigenvalue weighted by Gasteiger charge is -2.32. The number of nitrogens with one attached hydrogen (secondary N) is 1. The van der Waals surface area contributed by atoms with Crippen molar-refractivity contribution in [3.05, 3.63) is 0 Å². The summed E-state index contributed by atoms with van der Waals surface area (Å²) in [5.74, 6) is 0. The zero-order valence-electron chi connectivity index (χ0n) is 15.4. The molecule has 0 radical (unpaired) electrons. The number of likely N-dealkylation sites (tertiary alicyclic amines) is 1. The summed E-state index contributed by atoms with van der Waals surface area (Å²) in [6.45, 7) is 13.4. The van der Waals surface area contributed by atoms with Gasteiger partial charge in [0.05, 0.1) is 0 Å². The highest BCUT2D eigenvalue weighted by atomic mass is 16.6. The van der Waals surface area contributed by atoms with E-state index < -0.39 is 5.60 Å². The van der Waals surface area contributed by atoms with Crippen LogP contribution in [0.15, 0.2) is 0 Å². The van der Waals surface area contributed by atoms with E-state index in [1.807, 2.05) is 25.7 Å². The molecule has 0 unspecified atom stereocenters. The van der Waals surface area contributed by atoms with E-state index >= 15 is 0 Å². The van der Waals surface area contributed by atoms with Crippen LogP contribution in [0.5, 0.6) is 0 Å². The molecule has 0 aromatic rings. The molecule has 1 saturated carbocycles. The highest BCUT2D eigenvalue weighted by molar-refractivity contribution is 5.69. The van der Waals surface area contributed by atoms with Gasteiger partial charge in [0.25, 0.3) is 0 Å². The number of piperidine rings is 1. The van der Waals surface area contributed by atoms with E-state index in [0.717, 1.165) is 32.4 Å². The molecule has 0 aromatic carbocycles. The van der Waals surface area contributed by atoms with E-state index in [1.165, 1.54) is 32.5 Å². The summed E-state index contributed by atoms with van der Waals surface area (Å²) in [5.41, 5.74) is -0.407. The average molecular weight is 325 g/mol. The minimum Gasteiger partial charge on any atom is -0.444 e. The molecular formula is C18H35N3O2. The van der Waals surface area contributed by atoms with E-state index in [9.17, 15) is 4.79 Å². The van der Waals surface area contributed by atoms with Crippen molar-refractivity contribution in [3.63, 3.8) is 0 Å². The van der Waals surface area contributed by atoms with Crippen molar-refractivity contribution in [3.8, 4) is 0 Å². The zero-order valence-corrected chi connectivity index (χ0v) is 15.4. The summed E-state index contributed by atoms with van der Waals surface area (Å²) in [6.07, 6.45) is 5.60. The third-order valence-electron chi connectivity index (χ3n) is 4.66. The van der Waals surface area contributed by atoms with Gasteiger partial charge in [0, 0.05) is 18.6 Å². The van der Waals surface area contributed by atoms with Crippen LogP contribution in [-0.4, -0.2) is 66.3 Å². The second kappa shape index (κ2) is 8.34. The first kappa shape index (κ1) is 18.5. The fourth-order valence-electron chi connectivity index (χ4n) is 3.14. The molecule has 0 atom stereocenters. The maximum Gasteiger partial charge on any atom is 0.410 e. The number of amides is 1. The van der Waals surface area contributed by atoms with Gasteiger partial charge in [-0.15, -0.1) is 0 Å². The summed E-state index contributed by atoms with van der Waals surface area (Å²) >= 11 is 0. The second-order valence-corrected chi connectivity index (χ2v) is 7.92. The molecule has 1 amide bonds. The molecule has 2 fully saturated rings. The number of ether oxygens (including phenoxy) is 1. The van der Waals surface area contributed by atoms with Crippen LogP contribution in [0.3, 0.4) is 0 Å². The average Bonchev–Trinajstić information content (AvgIpc) is 3.30. The van der Waals surface area contributed by atoms with Gasteiger partial charge in [-0.2, -0.15) is 0 Å². The monoisotopic (exact) mass is 325 g/mol. The first-order chi connectivity index (χ1) is 10.9. The van der Waals surface area contributed by atoms with E-state index in [0.29, 0.717) is 12.1 Å². The summed E-state index contributed by atoms with van der Waals surface area (Å²) in [7, 11) is 0. The summed E-state index contributed by atoms with van der Waals surface area (Å²) < 4.78 is 5.53. The zero-order chi connectivity index (χ0) is 16.9. The molecule has 1 N–H and O–H groups in total. The Morgan fingerprint density at radius 2 is 1.87 bits per heavy atom. The molecule has 0 bridgehead atoms. The van der Waals surface area contributed by atoms with Crippen LogP contribution in [0.25, 0.3) is 0 Å². The SMILES string of the molecule is CCN1CCC(NCCCN(C(=O)OC(C)(C)C)C2CC2)CC1. The molecule has 23 heavy (non-hydrogen) atoms. The molecule has 5 nitrogen and oxygen atoms in total. The van der Waals surface area contributed by atoms with Crippen molar-refractivity contribution >= 4 is 6.09 Å². The van der Waals surface area contributed by atoms with Crippen molar-refractivity contribution in [2.24, 2.45) is 0 Å². The summed E-state index contributed by atoms with van der Waals surface area (Å²) in [5, 5.41) is 3.66. The van der Waals surface area contributed by atoms with E-state index in [2.05, 4.69) is 17.1 Å². The largest absolute Gasteiger partial charge is 0.444 e. The highest BCUT2D eigenvalue weighted by Gasteiger charge is 2.34. The van der Waals surface area contributed by atoms with Crippen LogP contribution in [0, 0.1) is 0 Å². The molecule has 1 saturated heterocycles. The number of carbonyl (C=O) groups is 1. The molecule has 1 aliphatic carbocycles. The number of rotatable bonds is 7. The van der Waals surface area contributed by atoms with Crippen LogP contribution in [0.4, 0.5) is 4.79 Å². The minimum absolute atomic E-state index is 0.142. The fourth-order valence-corrected chi connectivity index (χ4v) is 3.14. The molecule has 134 valence electrons. The van der Waals surface area contributed by atoms with Crippen LogP contribution in [0.2, 0.25) is 0 Å². The fraction of sp³-hybridized carbons (Fsp3) is 0.944. The molecule has 0 aromatic heterocycles. The minimum atomic E-state index is -0.407. The van der Waals surface area contributed by atoms with Crippen LogP contribution >= 0.6 is 0 Å². The van der Waals surface area contributed by atoms with Gasteiger partial charge in [0.1, 0.15) is 5.60 Å². The Morgan fingerprint density at radius 3 is 2.39 bits per heavy atom. The van der Waals surface area contributed by atoms with Crippen molar-refractivity contribution < 1.29 is 9.53 Å². The predicted octanol–water partition coefficient (Wildman–Crippen LogP) is 2.85. The third kappa shape index (κ3) is 6.68. The van der Waals surface area contributed by atoms with Crippen molar-refractivity contribution in [2.45, 2.75) is 77.5 Å². The number of hydrogen-bond acceptors (Lipinski definition) is 4. The Kier molecular flexibility index (Phi) is 6.72. The van der Waals surface area contributed by atoms with Gasteiger partial charge < -0.3 is 19.9 Å². The number of hydrogen-bond donors (Lipinski definition) is 1. The molecule has 1 aliphatic heterocycles. The Morgan fingerprint density at radius 1 is 1.22 bits per heavy atom. The van der Waals surface area contributed by atoms with Gasteiger partial charge in [-0.1, -0.05) is 6.92 Å². The molecule has 5 heteroatoms. The van der Waals surface area contributed by atoms with E-state index in [4.69, 9.17) is 4.74 Å². The van der Waals surface area contributed by atoms with Crippen LogP contribution in [-0.2, 0) is 4.74 Å². The van der Waals surface area contributed by atoms with Crippen molar-refractivity contribution in [2.75, 3.05) is 32.7 Å². The van der Waals surface area contributed by atoms with E-state index in [1.54, 1.807) is 0 Å². The molecule has 2 rings (SSSR count). The lowest BCUT2D eigenvalue weighted by molar-refractivity contribution is 0.0231. The first-order valence-electron chi connectivity index (χ1n) is 9.34. The Bertz CT molecular complexity index is 369. The molecule has 0 spiro atoms.